The van der Waals surface area contributed by atoms with Gasteiger partial charge in [0.05, 0.1) is 5.60 Å². The summed E-state index contributed by atoms with van der Waals surface area (Å²) in [6, 6.07) is 1.83. The van der Waals surface area contributed by atoms with Crippen LogP contribution in [-0.2, 0) is 0 Å². The summed E-state index contributed by atoms with van der Waals surface area (Å²) in [5, 5.41) is 15.6. The first-order valence-electron chi connectivity index (χ1n) is 4.41. The van der Waals surface area contributed by atoms with E-state index in [-0.39, 0.29) is 5.41 Å². The van der Waals surface area contributed by atoms with Gasteiger partial charge in [-0.15, -0.1) is 0 Å². The molecule has 1 rings (SSSR count). The number of aliphatic hydroxyl groups is 1. The molecule has 0 saturated heterocycles. The van der Waals surface area contributed by atoms with Crippen LogP contribution in [0.3, 0.4) is 0 Å². The van der Waals surface area contributed by atoms with Gasteiger partial charge >= 0.3 is 0 Å². The Morgan fingerprint density at radius 3 is 1.69 bits per heavy atom. The fourth-order valence-electron chi connectivity index (χ4n) is 0.215. The summed E-state index contributed by atoms with van der Waals surface area (Å²) < 4.78 is 0. The highest BCUT2D eigenvalue weighted by Crippen LogP contribution is 2.28. The number of rotatable bonds is 0. The molecule has 1 aromatic heterocycles. The van der Waals surface area contributed by atoms with Crippen molar-refractivity contribution in [3.05, 3.63) is 18.5 Å². The van der Waals surface area contributed by atoms with E-state index >= 15 is 0 Å². The van der Waals surface area contributed by atoms with Gasteiger partial charge in [-0.1, -0.05) is 20.8 Å². The number of hydrogen-bond acceptors (Lipinski definition) is 2. The average molecular weight is 184 g/mol. The maximum atomic E-state index is 9.35. The number of aromatic nitrogens is 2. The maximum Gasteiger partial charge on any atom is 0.0639 e. The highest BCUT2D eigenvalue weighted by molar-refractivity contribution is 4.80. The molecule has 0 unspecified atom stereocenters. The zero-order valence-electron chi connectivity index (χ0n) is 9.13. The predicted octanol–water partition coefficient (Wildman–Crippen LogP) is 2.21. The van der Waals surface area contributed by atoms with Crippen molar-refractivity contribution in [2.75, 3.05) is 0 Å². The Hall–Kier alpha value is -0.830. The molecule has 0 aromatic carbocycles. The first-order valence-corrected chi connectivity index (χ1v) is 4.41. The SMILES string of the molecule is CC(C)(C)C(C)(C)O.c1cn[nH]c1. The number of hydrogen-bond donors (Lipinski definition) is 2. The monoisotopic (exact) mass is 184 g/mol. The van der Waals surface area contributed by atoms with E-state index in [0.29, 0.717) is 0 Å². The minimum atomic E-state index is -0.562. The van der Waals surface area contributed by atoms with Crippen LogP contribution in [0, 0.1) is 5.41 Å². The molecule has 3 nitrogen and oxygen atoms in total. The van der Waals surface area contributed by atoms with Crippen molar-refractivity contribution in [1.82, 2.24) is 10.2 Å². The predicted molar refractivity (Wildman–Crippen MR) is 54.3 cm³/mol. The van der Waals surface area contributed by atoms with Crippen LogP contribution >= 0.6 is 0 Å². The summed E-state index contributed by atoms with van der Waals surface area (Å²) in [6.07, 6.45) is 3.46. The lowest BCUT2D eigenvalue weighted by atomic mass is 9.79. The third-order valence-electron chi connectivity index (χ3n) is 2.24. The van der Waals surface area contributed by atoms with Crippen LogP contribution in [0.25, 0.3) is 0 Å². The van der Waals surface area contributed by atoms with Crippen molar-refractivity contribution in [2.45, 2.75) is 40.2 Å². The molecule has 0 saturated carbocycles. The number of H-pyrrole nitrogens is 1. The summed E-state index contributed by atoms with van der Waals surface area (Å²) in [7, 11) is 0. The van der Waals surface area contributed by atoms with Gasteiger partial charge in [-0.05, 0) is 25.3 Å². The largest absolute Gasteiger partial charge is 0.390 e. The second-order valence-electron chi connectivity index (χ2n) is 4.58. The van der Waals surface area contributed by atoms with Crippen molar-refractivity contribution in [2.24, 2.45) is 5.41 Å². The molecule has 0 aliphatic carbocycles. The number of aromatic amines is 1. The first kappa shape index (κ1) is 12.2. The van der Waals surface area contributed by atoms with Crippen molar-refractivity contribution < 1.29 is 5.11 Å². The molecule has 0 bridgehead atoms. The second-order valence-corrected chi connectivity index (χ2v) is 4.58. The van der Waals surface area contributed by atoms with E-state index in [4.69, 9.17) is 0 Å². The summed E-state index contributed by atoms with van der Waals surface area (Å²) in [5.74, 6) is 0. The molecule has 0 radical (unpaired) electrons. The van der Waals surface area contributed by atoms with Crippen LogP contribution in [0.15, 0.2) is 18.5 Å². The Bertz CT molecular complexity index is 175. The Kier molecular flexibility index (Phi) is 4.14. The maximum absolute atomic E-state index is 9.35. The summed E-state index contributed by atoms with van der Waals surface area (Å²) in [5.41, 5.74) is -0.569. The van der Waals surface area contributed by atoms with E-state index in [9.17, 15) is 5.11 Å². The van der Waals surface area contributed by atoms with Gasteiger partial charge in [-0.2, -0.15) is 5.10 Å². The quantitative estimate of drug-likeness (QED) is 0.649. The lowest BCUT2D eigenvalue weighted by molar-refractivity contribution is -0.0238. The zero-order chi connectivity index (χ0) is 10.5. The van der Waals surface area contributed by atoms with E-state index in [1.807, 2.05) is 40.7 Å². The summed E-state index contributed by atoms with van der Waals surface area (Å²) >= 11 is 0. The molecule has 0 spiro atoms. The van der Waals surface area contributed by atoms with Gasteiger partial charge in [0.2, 0.25) is 0 Å². The third-order valence-corrected chi connectivity index (χ3v) is 2.24. The zero-order valence-corrected chi connectivity index (χ0v) is 9.13. The third kappa shape index (κ3) is 5.42. The van der Waals surface area contributed by atoms with Crippen LogP contribution < -0.4 is 0 Å². The van der Waals surface area contributed by atoms with E-state index < -0.39 is 5.60 Å². The topological polar surface area (TPSA) is 48.9 Å². The molecule has 0 amide bonds. The number of nitrogens with one attached hydrogen (secondary N) is 1. The Balaban J connectivity index is 0.000000243. The van der Waals surface area contributed by atoms with Crippen molar-refractivity contribution >= 4 is 0 Å². The van der Waals surface area contributed by atoms with E-state index in [1.54, 1.807) is 12.4 Å². The van der Waals surface area contributed by atoms with Crippen LogP contribution in [0.1, 0.15) is 34.6 Å². The fourth-order valence-corrected chi connectivity index (χ4v) is 0.215. The van der Waals surface area contributed by atoms with Gasteiger partial charge in [-0.3, -0.25) is 5.10 Å². The summed E-state index contributed by atoms with van der Waals surface area (Å²) in [4.78, 5) is 0. The Labute approximate surface area is 80.2 Å². The van der Waals surface area contributed by atoms with Gasteiger partial charge in [0.25, 0.3) is 0 Å². The molecule has 0 atom stereocenters. The highest BCUT2D eigenvalue weighted by Gasteiger charge is 2.29. The van der Waals surface area contributed by atoms with E-state index in [0.717, 1.165) is 0 Å². The van der Waals surface area contributed by atoms with Crippen LogP contribution in [0.4, 0.5) is 0 Å². The van der Waals surface area contributed by atoms with Crippen molar-refractivity contribution in [1.29, 1.82) is 0 Å². The first-order chi connectivity index (χ1) is 5.75. The molecule has 2 N–H and O–H groups in total. The normalized spacial score (nSPS) is 11.8. The van der Waals surface area contributed by atoms with Crippen molar-refractivity contribution in [3.8, 4) is 0 Å². The highest BCUT2D eigenvalue weighted by atomic mass is 16.3. The molecule has 1 heterocycles. The molecule has 0 aliphatic heterocycles. The lowest BCUT2D eigenvalue weighted by Gasteiger charge is -2.33. The van der Waals surface area contributed by atoms with Crippen LogP contribution in [0.2, 0.25) is 0 Å². The van der Waals surface area contributed by atoms with Gasteiger partial charge in [0.1, 0.15) is 0 Å². The number of nitrogens with zero attached hydrogens (tertiary/aromatic N) is 1. The second kappa shape index (κ2) is 4.42. The molecule has 76 valence electrons. The standard InChI is InChI=1S/C7H16O.C3H4N2/c1-6(2,3)7(4,5)8;1-2-4-5-3-1/h8H,1-5H3;1-3H,(H,4,5). The molecular formula is C10H20N2O. The Morgan fingerprint density at radius 2 is 1.62 bits per heavy atom. The minimum absolute atomic E-state index is 0.00694. The van der Waals surface area contributed by atoms with E-state index in [2.05, 4.69) is 10.2 Å². The molecule has 1 aromatic rings. The molecule has 0 aliphatic rings. The lowest BCUT2D eigenvalue weighted by Crippen LogP contribution is -2.35. The fraction of sp³-hybridized carbons (Fsp3) is 0.700. The van der Waals surface area contributed by atoms with Crippen molar-refractivity contribution in [3.63, 3.8) is 0 Å². The minimum Gasteiger partial charge on any atom is -0.390 e. The molecule has 0 fully saturated rings. The van der Waals surface area contributed by atoms with Gasteiger partial charge in [-0.25, -0.2) is 0 Å². The smallest absolute Gasteiger partial charge is 0.0639 e. The molecule has 3 heteroatoms. The van der Waals surface area contributed by atoms with E-state index in [1.165, 1.54) is 0 Å². The Morgan fingerprint density at radius 1 is 1.15 bits per heavy atom. The van der Waals surface area contributed by atoms with Crippen LogP contribution in [0.5, 0.6) is 0 Å². The summed E-state index contributed by atoms with van der Waals surface area (Å²) in [6.45, 7) is 9.72. The molecule has 13 heavy (non-hydrogen) atoms. The van der Waals surface area contributed by atoms with Gasteiger partial charge < -0.3 is 5.11 Å². The van der Waals surface area contributed by atoms with Gasteiger partial charge in [0, 0.05) is 12.4 Å². The van der Waals surface area contributed by atoms with Gasteiger partial charge in [0.15, 0.2) is 0 Å². The molecular weight excluding hydrogens is 164 g/mol. The van der Waals surface area contributed by atoms with Crippen LogP contribution in [-0.4, -0.2) is 20.9 Å². The average Bonchev–Trinajstić information content (AvgIpc) is 2.35.